The number of nitrogens with one attached hydrogen (secondary N) is 1. The van der Waals surface area contributed by atoms with Crippen LogP contribution >= 0.6 is 0 Å². The van der Waals surface area contributed by atoms with Gasteiger partial charge in [0.25, 0.3) is 5.91 Å². The van der Waals surface area contributed by atoms with Crippen LogP contribution < -0.4 is 5.32 Å². The maximum atomic E-state index is 13.1. The molecule has 2 heterocycles. The van der Waals surface area contributed by atoms with Gasteiger partial charge in [0.15, 0.2) is 5.76 Å². The van der Waals surface area contributed by atoms with Gasteiger partial charge >= 0.3 is 0 Å². The van der Waals surface area contributed by atoms with Crippen molar-refractivity contribution in [2.24, 2.45) is 0 Å². The number of para-hydroxylation sites is 1. The van der Waals surface area contributed by atoms with Gasteiger partial charge in [-0.2, -0.15) is 5.10 Å². The van der Waals surface area contributed by atoms with Gasteiger partial charge < -0.3 is 9.73 Å². The lowest BCUT2D eigenvalue weighted by atomic mass is 10.2. The first-order chi connectivity index (χ1) is 14.9. The van der Waals surface area contributed by atoms with E-state index in [1.807, 2.05) is 30.3 Å². The predicted molar refractivity (Wildman–Crippen MR) is 117 cm³/mol. The van der Waals surface area contributed by atoms with Gasteiger partial charge in [0.05, 0.1) is 16.8 Å². The van der Waals surface area contributed by atoms with Gasteiger partial charge in [-0.25, -0.2) is 17.4 Å². The molecule has 0 aliphatic rings. The van der Waals surface area contributed by atoms with Crippen molar-refractivity contribution >= 4 is 21.6 Å². The summed E-state index contributed by atoms with van der Waals surface area (Å²) in [5, 5.41) is 7.29. The minimum atomic E-state index is -3.62. The molecule has 0 unspecified atom stereocenters. The van der Waals surface area contributed by atoms with Crippen LogP contribution in [-0.2, 0) is 10.0 Å². The SMILES string of the molecule is CN(C)S(=O)(=O)c1cccc(NC(=O)c2cc(-c3ccco3)nn2-c2ccccc2)c1. The molecule has 158 valence electrons. The summed E-state index contributed by atoms with van der Waals surface area (Å²) < 4.78 is 32.9. The normalized spacial score (nSPS) is 11.6. The van der Waals surface area contributed by atoms with E-state index in [0.29, 0.717) is 22.8 Å². The van der Waals surface area contributed by atoms with E-state index in [1.54, 1.807) is 30.3 Å². The fourth-order valence-electron chi connectivity index (χ4n) is 2.99. The minimum Gasteiger partial charge on any atom is -0.463 e. The second-order valence-corrected chi connectivity index (χ2v) is 9.06. The second-order valence-electron chi connectivity index (χ2n) is 6.91. The summed E-state index contributed by atoms with van der Waals surface area (Å²) in [6, 6.07) is 20.5. The third-order valence-electron chi connectivity index (χ3n) is 4.59. The zero-order valence-corrected chi connectivity index (χ0v) is 17.7. The molecule has 0 fully saturated rings. The molecule has 0 saturated carbocycles. The number of hydrogen-bond donors (Lipinski definition) is 1. The minimum absolute atomic E-state index is 0.0862. The third kappa shape index (κ3) is 4.14. The monoisotopic (exact) mass is 436 g/mol. The van der Waals surface area contributed by atoms with Gasteiger partial charge in [-0.1, -0.05) is 24.3 Å². The molecule has 1 amide bonds. The van der Waals surface area contributed by atoms with Crippen LogP contribution in [0.5, 0.6) is 0 Å². The van der Waals surface area contributed by atoms with Gasteiger partial charge in [0.1, 0.15) is 11.4 Å². The van der Waals surface area contributed by atoms with Crippen molar-refractivity contribution in [2.75, 3.05) is 19.4 Å². The maximum absolute atomic E-state index is 13.1. The third-order valence-corrected chi connectivity index (χ3v) is 6.40. The van der Waals surface area contributed by atoms with E-state index in [1.165, 1.54) is 37.2 Å². The molecule has 0 aliphatic heterocycles. The van der Waals surface area contributed by atoms with Crippen LogP contribution in [0.4, 0.5) is 5.69 Å². The highest BCUT2D eigenvalue weighted by molar-refractivity contribution is 7.89. The molecule has 4 rings (SSSR count). The Morgan fingerprint density at radius 2 is 1.77 bits per heavy atom. The molecule has 0 saturated heterocycles. The molecule has 0 aliphatic carbocycles. The molecule has 9 heteroatoms. The van der Waals surface area contributed by atoms with Crippen molar-refractivity contribution in [2.45, 2.75) is 4.90 Å². The fraction of sp³-hybridized carbons (Fsp3) is 0.0909. The molecular weight excluding hydrogens is 416 g/mol. The number of furan rings is 1. The van der Waals surface area contributed by atoms with Crippen LogP contribution in [0.25, 0.3) is 17.1 Å². The molecule has 0 radical (unpaired) electrons. The van der Waals surface area contributed by atoms with E-state index >= 15 is 0 Å². The summed E-state index contributed by atoms with van der Waals surface area (Å²) in [5.41, 5.74) is 1.84. The summed E-state index contributed by atoms with van der Waals surface area (Å²) in [6.07, 6.45) is 1.54. The molecule has 4 aromatic rings. The second kappa shape index (κ2) is 8.21. The number of sulfonamides is 1. The quantitative estimate of drug-likeness (QED) is 0.498. The van der Waals surface area contributed by atoms with E-state index in [9.17, 15) is 13.2 Å². The van der Waals surface area contributed by atoms with Gasteiger partial charge in [-0.05, 0) is 42.5 Å². The highest BCUT2D eigenvalue weighted by Gasteiger charge is 2.21. The number of rotatable bonds is 6. The number of hydrogen-bond acceptors (Lipinski definition) is 5. The molecule has 8 nitrogen and oxygen atoms in total. The number of benzene rings is 2. The van der Waals surface area contributed by atoms with Crippen molar-refractivity contribution in [3.8, 4) is 17.1 Å². The highest BCUT2D eigenvalue weighted by atomic mass is 32.2. The van der Waals surface area contributed by atoms with Crippen LogP contribution in [0.15, 0.2) is 88.4 Å². The number of carbonyl (C=O) groups is 1. The van der Waals surface area contributed by atoms with Crippen LogP contribution in [0.2, 0.25) is 0 Å². The largest absolute Gasteiger partial charge is 0.463 e. The fourth-order valence-corrected chi connectivity index (χ4v) is 3.94. The Bertz CT molecular complexity index is 1310. The van der Waals surface area contributed by atoms with Crippen molar-refractivity contribution in [3.05, 3.63) is 84.8 Å². The van der Waals surface area contributed by atoms with Crippen LogP contribution in [0.3, 0.4) is 0 Å². The first-order valence-electron chi connectivity index (χ1n) is 9.39. The summed E-state index contributed by atoms with van der Waals surface area (Å²) in [4.78, 5) is 13.2. The van der Waals surface area contributed by atoms with Gasteiger partial charge in [-0.3, -0.25) is 4.79 Å². The lowest BCUT2D eigenvalue weighted by Gasteiger charge is -2.13. The summed E-state index contributed by atoms with van der Waals surface area (Å²) >= 11 is 0. The summed E-state index contributed by atoms with van der Waals surface area (Å²) in [5.74, 6) is 0.0939. The standard InChI is InChI=1S/C22H20N4O4S/c1-25(2)31(28,29)18-11-6-8-16(14-18)23-22(27)20-15-19(21-12-7-13-30-21)24-26(20)17-9-4-3-5-10-17/h3-15H,1-2H3,(H,23,27). The highest BCUT2D eigenvalue weighted by Crippen LogP contribution is 2.24. The topological polar surface area (TPSA) is 97.4 Å². The van der Waals surface area contributed by atoms with Crippen molar-refractivity contribution in [1.82, 2.24) is 14.1 Å². The number of anilines is 1. The zero-order chi connectivity index (χ0) is 22.0. The Morgan fingerprint density at radius 1 is 1.00 bits per heavy atom. The first kappa shape index (κ1) is 20.6. The predicted octanol–water partition coefficient (Wildman–Crippen LogP) is 3.63. The van der Waals surface area contributed by atoms with Crippen LogP contribution in [-0.4, -0.2) is 42.5 Å². The number of nitrogens with zero attached hydrogens (tertiary/aromatic N) is 3. The Hall–Kier alpha value is -3.69. The van der Waals surface area contributed by atoms with E-state index < -0.39 is 15.9 Å². The summed E-state index contributed by atoms with van der Waals surface area (Å²) in [6.45, 7) is 0. The Labute approximate surface area is 179 Å². The van der Waals surface area contributed by atoms with Crippen molar-refractivity contribution in [3.63, 3.8) is 0 Å². The molecular formula is C22H20N4O4S. The molecule has 0 atom stereocenters. The van der Waals surface area contributed by atoms with Gasteiger partial charge in [0, 0.05) is 25.8 Å². The molecule has 31 heavy (non-hydrogen) atoms. The molecule has 0 bridgehead atoms. The van der Waals surface area contributed by atoms with Gasteiger partial charge in [0.2, 0.25) is 10.0 Å². The molecule has 2 aromatic carbocycles. The molecule has 0 spiro atoms. The number of amides is 1. The average molecular weight is 436 g/mol. The van der Waals surface area contributed by atoms with E-state index in [2.05, 4.69) is 10.4 Å². The van der Waals surface area contributed by atoms with E-state index in [-0.39, 0.29) is 10.6 Å². The molecule has 1 N–H and O–H groups in total. The lowest BCUT2D eigenvalue weighted by Crippen LogP contribution is -2.22. The van der Waals surface area contributed by atoms with Crippen LogP contribution in [0, 0.1) is 0 Å². The van der Waals surface area contributed by atoms with E-state index in [4.69, 9.17) is 4.42 Å². The molecule has 2 aromatic heterocycles. The maximum Gasteiger partial charge on any atom is 0.274 e. The number of aromatic nitrogens is 2. The average Bonchev–Trinajstić information content (AvgIpc) is 3.44. The first-order valence-corrected chi connectivity index (χ1v) is 10.8. The Kier molecular flexibility index (Phi) is 5.45. The zero-order valence-electron chi connectivity index (χ0n) is 16.9. The Morgan fingerprint density at radius 3 is 2.45 bits per heavy atom. The Balaban J connectivity index is 1.71. The smallest absolute Gasteiger partial charge is 0.274 e. The van der Waals surface area contributed by atoms with E-state index in [0.717, 1.165) is 4.31 Å². The van der Waals surface area contributed by atoms with Crippen molar-refractivity contribution in [1.29, 1.82) is 0 Å². The number of carbonyl (C=O) groups excluding carboxylic acids is 1. The van der Waals surface area contributed by atoms with Crippen molar-refractivity contribution < 1.29 is 17.6 Å². The van der Waals surface area contributed by atoms with Crippen LogP contribution in [0.1, 0.15) is 10.5 Å². The summed E-state index contributed by atoms with van der Waals surface area (Å²) in [7, 11) is -0.717. The lowest BCUT2D eigenvalue weighted by molar-refractivity contribution is 0.101. The van der Waals surface area contributed by atoms with Gasteiger partial charge in [-0.15, -0.1) is 0 Å².